The SMILES string of the molecule is CCCC(NC(=O)CSc1nnc(-c2ccccc2F)n1C1CC1)c1ccccc1. The summed E-state index contributed by atoms with van der Waals surface area (Å²) in [5, 5.41) is 12.3. The molecule has 0 bridgehead atoms. The first kappa shape index (κ1) is 20.6. The third-order valence-corrected chi connectivity index (χ3v) is 6.08. The quantitative estimate of drug-likeness (QED) is 0.482. The van der Waals surface area contributed by atoms with Crippen molar-refractivity contribution in [1.29, 1.82) is 0 Å². The van der Waals surface area contributed by atoms with Gasteiger partial charge in [0.25, 0.3) is 0 Å². The molecule has 0 aliphatic heterocycles. The minimum atomic E-state index is -0.314. The molecule has 1 saturated carbocycles. The van der Waals surface area contributed by atoms with Gasteiger partial charge in [-0.3, -0.25) is 9.36 Å². The molecule has 1 atom stereocenters. The van der Waals surface area contributed by atoms with E-state index in [2.05, 4.69) is 22.4 Å². The van der Waals surface area contributed by atoms with Gasteiger partial charge in [-0.25, -0.2) is 4.39 Å². The highest BCUT2D eigenvalue weighted by Gasteiger charge is 2.31. The molecule has 1 aliphatic carbocycles. The van der Waals surface area contributed by atoms with Gasteiger partial charge >= 0.3 is 0 Å². The molecule has 1 aromatic heterocycles. The maximum Gasteiger partial charge on any atom is 0.230 e. The molecule has 30 heavy (non-hydrogen) atoms. The summed E-state index contributed by atoms with van der Waals surface area (Å²) in [7, 11) is 0. The number of aromatic nitrogens is 3. The number of carbonyl (C=O) groups is 1. The fourth-order valence-electron chi connectivity index (χ4n) is 3.53. The van der Waals surface area contributed by atoms with Crippen molar-refractivity contribution in [3.05, 3.63) is 66.0 Å². The standard InChI is InChI=1S/C23H25FN4OS/c1-2-8-20(16-9-4-3-5-10-16)25-21(29)15-30-23-27-26-22(28(23)17-13-14-17)18-11-6-7-12-19(18)24/h3-7,9-12,17,20H,2,8,13-15H2,1H3,(H,25,29). The Morgan fingerprint density at radius 1 is 1.17 bits per heavy atom. The highest BCUT2D eigenvalue weighted by atomic mass is 32.2. The van der Waals surface area contributed by atoms with Crippen LogP contribution in [0.25, 0.3) is 11.4 Å². The lowest BCUT2D eigenvalue weighted by atomic mass is 10.0. The van der Waals surface area contributed by atoms with E-state index in [1.54, 1.807) is 18.2 Å². The van der Waals surface area contributed by atoms with Gasteiger partial charge in [0.15, 0.2) is 11.0 Å². The third kappa shape index (κ3) is 4.73. The van der Waals surface area contributed by atoms with Crippen LogP contribution in [0, 0.1) is 5.82 Å². The Hall–Kier alpha value is -2.67. The number of amides is 1. The van der Waals surface area contributed by atoms with Gasteiger partial charge in [-0.05, 0) is 37.0 Å². The number of halogens is 1. The fraction of sp³-hybridized carbons (Fsp3) is 0.348. The summed E-state index contributed by atoms with van der Waals surface area (Å²) in [5.74, 6) is 0.424. The van der Waals surface area contributed by atoms with Crippen LogP contribution in [0.15, 0.2) is 59.8 Å². The zero-order chi connectivity index (χ0) is 20.9. The first-order chi connectivity index (χ1) is 14.7. The fourth-order valence-corrected chi connectivity index (χ4v) is 4.34. The van der Waals surface area contributed by atoms with Gasteiger partial charge in [-0.15, -0.1) is 10.2 Å². The van der Waals surface area contributed by atoms with E-state index < -0.39 is 0 Å². The Balaban J connectivity index is 1.46. The van der Waals surface area contributed by atoms with E-state index in [0.29, 0.717) is 16.5 Å². The van der Waals surface area contributed by atoms with Crippen LogP contribution in [0.5, 0.6) is 0 Å². The Kier molecular flexibility index (Phi) is 6.47. The smallest absolute Gasteiger partial charge is 0.230 e. The number of thioether (sulfide) groups is 1. The Morgan fingerprint density at radius 3 is 2.60 bits per heavy atom. The first-order valence-electron chi connectivity index (χ1n) is 10.3. The van der Waals surface area contributed by atoms with E-state index in [1.807, 2.05) is 34.9 Å². The molecule has 0 saturated heterocycles. The van der Waals surface area contributed by atoms with Crippen molar-refractivity contribution in [2.75, 3.05) is 5.75 Å². The predicted molar refractivity (Wildman–Crippen MR) is 117 cm³/mol. The van der Waals surface area contributed by atoms with Crippen LogP contribution in [-0.2, 0) is 4.79 Å². The summed E-state index contributed by atoms with van der Waals surface area (Å²) in [6, 6.07) is 16.9. The van der Waals surface area contributed by atoms with Crippen LogP contribution >= 0.6 is 11.8 Å². The van der Waals surface area contributed by atoms with Crippen LogP contribution in [0.4, 0.5) is 4.39 Å². The second-order valence-corrected chi connectivity index (χ2v) is 8.44. The van der Waals surface area contributed by atoms with Crippen LogP contribution in [0.1, 0.15) is 50.3 Å². The van der Waals surface area contributed by atoms with Gasteiger partial charge in [0.1, 0.15) is 5.82 Å². The zero-order valence-corrected chi connectivity index (χ0v) is 17.7. The minimum absolute atomic E-state index is 0.000391. The summed E-state index contributed by atoms with van der Waals surface area (Å²) >= 11 is 1.35. The molecule has 3 aromatic rings. The second-order valence-electron chi connectivity index (χ2n) is 7.50. The van der Waals surface area contributed by atoms with Crippen molar-refractivity contribution < 1.29 is 9.18 Å². The lowest BCUT2D eigenvalue weighted by Gasteiger charge is -2.18. The molecule has 156 valence electrons. The topological polar surface area (TPSA) is 59.8 Å². The van der Waals surface area contributed by atoms with E-state index in [0.717, 1.165) is 31.2 Å². The van der Waals surface area contributed by atoms with Crippen molar-refractivity contribution in [3.63, 3.8) is 0 Å². The van der Waals surface area contributed by atoms with Gasteiger partial charge in [0.2, 0.25) is 5.91 Å². The van der Waals surface area contributed by atoms with E-state index in [-0.39, 0.29) is 29.6 Å². The average Bonchev–Trinajstić information content (AvgIpc) is 3.52. The molecule has 0 radical (unpaired) electrons. The molecule has 4 rings (SSSR count). The number of nitrogens with one attached hydrogen (secondary N) is 1. The Morgan fingerprint density at radius 2 is 1.90 bits per heavy atom. The molecule has 1 aliphatic rings. The van der Waals surface area contributed by atoms with Crippen LogP contribution in [0.2, 0.25) is 0 Å². The second kappa shape index (κ2) is 9.43. The summed E-state index contributed by atoms with van der Waals surface area (Å²) in [6.07, 6.45) is 3.91. The highest BCUT2D eigenvalue weighted by Crippen LogP contribution is 2.41. The number of carbonyl (C=O) groups excluding carboxylic acids is 1. The summed E-state index contributed by atoms with van der Waals surface area (Å²) < 4.78 is 16.3. The van der Waals surface area contributed by atoms with Crippen LogP contribution < -0.4 is 5.32 Å². The van der Waals surface area contributed by atoms with E-state index in [9.17, 15) is 9.18 Å². The highest BCUT2D eigenvalue weighted by molar-refractivity contribution is 7.99. The van der Waals surface area contributed by atoms with Crippen molar-refractivity contribution in [2.24, 2.45) is 0 Å². The Bertz CT molecular complexity index is 1000. The molecule has 5 nitrogen and oxygen atoms in total. The van der Waals surface area contributed by atoms with Gasteiger partial charge in [0, 0.05) is 6.04 Å². The zero-order valence-electron chi connectivity index (χ0n) is 16.9. The number of hydrogen-bond acceptors (Lipinski definition) is 4. The van der Waals surface area contributed by atoms with Crippen LogP contribution in [-0.4, -0.2) is 26.4 Å². The Labute approximate surface area is 180 Å². The predicted octanol–water partition coefficient (Wildman–Crippen LogP) is 5.17. The largest absolute Gasteiger partial charge is 0.349 e. The van der Waals surface area contributed by atoms with Gasteiger partial charge in [0.05, 0.1) is 17.4 Å². The molecule has 1 fully saturated rings. The molecular weight excluding hydrogens is 399 g/mol. The van der Waals surface area contributed by atoms with Crippen molar-refractivity contribution in [1.82, 2.24) is 20.1 Å². The van der Waals surface area contributed by atoms with E-state index in [4.69, 9.17) is 0 Å². The van der Waals surface area contributed by atoms with Gasteiger partial charge in [-0.2, -0.15) is 0 Å². The molecule has 7 heteroatoms. The number of benzene rings is 2. The monoisotopic (exact) mass is 424 g/mol. The summed E-state index contributed by atoms with van der Waals surface area (Å²) in [4.78, 5) is 12.7. The number of hydrogen-bond donors (Lipinski definition) is 1. The maximum absolute atomic E-state index is 14.3. The molecule has 1 N–H and O–H groups in total. The number of nitrogens with zero attached hydrogens (tertiary/aromatic N) is 3. The molecular formula is C23H25FN4OS. The minimum Gasteiger partial charge on any atom is -0.349 e. The summed E-state index contributed by atoms with van der Waals surface area (Å²) in [5.41, 5.74) is 1.56. The lowest BCUT2D eigenvalue weighted by molar-refractivity contribution is -0.119. The van der Waals surface area contributed by atoms with E-state index >= 15 is 0 Å². The van der Waals surface area contributed by atoms with Gasteiger partial charge in [-0.1, -0.05) is 67.6 Å². The van der Waals surface area contributed by atoms with Gasteiger partial charge < -0.3 is 5.32 Å². The molecule has 1 heterocycles. The maximum atomic E-state index is 14.3. The first-order valence-corrected chi connectivity index (χ1v) is 11.3. The third-order valence-electron chi connectivity index (χ3n) is 5.14. The van der Waals surface area contributed by atoms with Crippen LogP contribution in [0.3, 0.4) is 0 Å². The van der Waals surface area contributed by atoms with Crippen molar-refractivity contribution in [2.45, 2.75) is 49.8 Å². The normalized spacial score (nSPS) is 14.5. The molecule has 2 aromatic carbocycles. The van der Waals surface area contributed by atoms with Crippen molar-refractivity contribution in [3.8, 4) is 11.4 Å². The van der Waals surface area contributed by atoms with E-state index in [1.165, 1.54) is 17.8 Å². The molecule has 1 unspecified atom stereocenters. The van der Waals surface area contributed by atoms with Crippen molar-refractivity contribution >= 4 is 17.7 Å². The molecule has 1 amide bonds. The number of rotatable bonds is 9. The average molecular weight is 425 g/mol. The lowest BCUT2D eigenvalue weighted by Crippen LogP contribution is -2.30. The molecule has 0 spiro atoms. The summed E-state index contributed by atoms with van der Waals surface area (Å²) in [6.45, 7) is 2.11.